The van der Waals surface area contributed by atoms with Gasteiger partial charge >= 0.3 is 0 Å². The third-order valence-electron chi connectivity index (χ3n) is 3.29. The third kappa shape index (κ3) is 4.12. The average molecular weight is 252 g/mol. The van der Waals surface area contributed by atoms with Gasteiger partial charge in [0, 0.05) is 31.8 Å². The molecule has 18 heavy (non-hydrogen) atoms. The monoisotopic (exact) mass is 252 g/mol. The summed E-state index contributed by atoms with van der Waals surface area (Å²) in [5, 5.41) is 3.31. The van der Waals surface area contributed by atoms with Crippen LogP contribution in [0.5, 0.6) is 0 Å². The van der Waals surface area contributed by atoms with E-state index in [1.807, 2.05) is 6.26 Å². The summed E-state index contributed by atoms with van der Waals surface area (Å²) in [6.45, 7) is 6.68. The molecule has 0 atom stereocenters. The van der Waals surface area contributed by atoms with Crippen molar-refractivity contribution >= 4 is 0 Å². The van der Waals surface area contributed by atoms with Crippen LogP contribution < -0.4 is 5.32 Å². The molecular formula is C14H24N2O2. The van der Waals surface area contributed by atoms with E-state index < -0.39 is 0 Å². The minimum absolute atomic E-state index is 0.738. The molecule has 1 aromatic rings. The minimum atomic E-state index is 0.738. The molecule has 0 unspecified atom stereocenters. The molecule has 1 aliphatic rings. The molecule has 0 amide bonds. The van der Waals surface area contributed by atoms with Crippen LogP contribution in [0.3, 0.4) is 0 Å². The molecule has 4 heteroatoms. The first-order valence-electron chi connectivity index (χ1n) is 6.83. The van der Waals surface area contributed by atoms with E-state index in [0.29, 0.717) is 0 Å². The molecular weight excluding hydrogens is 228 g/mol. The topological polar surface area (TPSA) is 37.6 Å². The fraction of sp³-hybridized carbons (Fsp3) is 0.714. The lowest BCUT2D eigenvalue weighted by Crippen LogP contribution is -2.28. The highest BCUT2D eigenvalue weighted by Gasteiger charge is 2.29. The molecule has 0 aromatic carbocycles. The van der Waals surface area contributed by atoms with E-state index in [1.54, 1.807) is 7.11 Å². The van der Waals surface area contributed by atoms with Crippen LogP contribution in [0.15, 0.2) is 16.7 Å². The third-order valence-corrected chi connectivity index (χ3v) is 3.29. The number of ether oxygens (including phenoxy) is 1. The molecule has 1 heterocycles. The Balaban J connectivity index is 1.83. The van der Waals surface area contributed by atoms with Crippen molar-refractivity contribution in [1.29, 1.82) is 0 Å². The maximum absolute atomic E-state index is 5.63. The average Bonchev–Trinajstić information content (AvgIpc) is 3.13. The van der Waals surface area contributed by atoms with Crippen LogP contribution in [0.1, 0.15) is 31.1 Å². The Morgan fingerprint density at radius 3 is 3.00 bits per heavy atom. The van der Waals surface area contributed by atoms with Gasteiger partial charge in [-0.15, -0.1) is 0 Å². The Morgan fingerprint density at radius 1 is 1.50 bits per heavy atom. The molecule has 102 valence electrons. The predicted molar refractivity (Wildman–Crippen MR) is 71.4 cm³/mol. The summed E-state index contributed by atoms with van der Waals surface area (Å²) in [6, 6.07) is 2.90. The van der Waals surface area contributed by atoms with Crippen molar-refractivity contribution < 1.29 is 9.15 Å². The summed E-state index contributed by atoms with van der Waals surface area (Å²) in [4.78, 5) is 2.46. The van der Waals surface area contributed by atoms with Crippen LogP contribution in [0.25, 0.3) is 0 Å². The summed E-state index contributed by atoms with van der Waals surface area (Å²) in [6.07, 6.45) is 4.49. The molecule has 1 saturated carbocycles. The largest absolute Gasteiger partial charge is 0.468 e. The molecule has 1 N–H and O–H groups in total. The molecule has 2 rings (SSSR count). The van der Waals surface area contributed by atoms with Crippen molar-refractivity contribution in [3.8, 4) is 0 Å². The lowest BCUT2D eigenvalue weighted by atomic mass is 10.3. The van der Waals surface area contributed by atoms with Crippen LogP contribution in [-0.4, -0.2) is 37.7 Å². The van der Waals surface area contributed by atoms with Crippen molar-refractivity contribution in [2.75, 3.05) is 26.8 Å². The molecule has 1 fully saturated rings. The van der Waals surface area contributed by atoms with Crippen molar-refractivity contribution in [3.05, 3.63) is 23.7 Å². The number of furan rings is 1. The molecule has 1 aliphatic carbocycles. The number of hydrogen-bond donors (Lipinski definition) is 1. The predicted octanol–water partition coefficient (Wildman–Crippen LogP) is 2.00. The van der Waals surface area contributed by atoms with Gasteiger partial charge in [-0.2, -0.15) is 0 Å². The van der Waals surface area contributed by atoms with Gasteiger partial charge in [0.1, 0.15) is 5.76 Å². The summed E-state index contributed by atoms with van der Waals surface area (Å²) in [5.74, 6) is 1.06. The summed E-state index contributed by atoms with van der Waals surface area (Å²) in [7, 11) is 1.76. The first-order chi connectivity index (χ1) is 8.83. The first kappa shape index (κ1) is 13.6. The van der Waals surface area contributed by atoms with Crippen molar-refractivity contribution in [2.45, 2.75) is 38.9 Å². The SMILES string of the molecule is CCNCc1coc(CN(CCOC)C2CC2)c1. The van der Waals surface area contributed by atoms with Crippen molar-refractivity contribution in [2.24, 2.45) is 0 Å². The van der Waals surface area contributed by atoms with E-state index in [0.717, 1.165) is 44.6 Å². The number of methoxy groups -OCH3 is 1. The highest BCUT2D eigenvalue weighted by atomic mass is 16.5. The molecule has 0 bridgehead atoms. The van der Waals surface area contributed by atoms with Crippen LogP contribution in [0.4, 0.5) is 0 Å². The molecule has 0 aliphatic heterocycles. The fourth-order valence-corrected chi connectivity index (χ4v) is 2.11. The lowest BCUT2D eigenvalue weighted by Gasteiger charge is -2.19. The van der Waals surface area contributed by atoms with Gasteiger partial charge in [-0.25, -0.2) is 0 Å². The van der Waals surface area contributed by atoms with E-state index in [2.05, 4.69) is 23.2 Å². The van der Waals surface area contributed by atoms with Crippen molar-refractivity contribution in [1.82, 2.24) is 10.2 Å². The second kappa shape index (κ2) is 6.92. The van der Waals surface area contributed by atoms with E-state index >= 15 is 0 Å². The Labute approximate surface area is 109 Å². The number of nitrogens with one attached hydrogen (secondary N) is 1. The zero-order valence-electron chi connectivity index (χ0n) is 11.4. The van der Waals surface area contributed by atoms with Gasteiger partial charge in [0.25, 0.3) is 0 Å². The van der Waals surface area contributed by atoms with Gasteiger partial charge < -0.3 is 14.5 Å². The molecule has 0 radical (unpaired) electrons. The van der Waals surface area contributed by atoms with Crippen LogP contribution >= 0.6 is 0 Å². The van der Waals surface area contributed by atoms with Crippen LogP contribution in [0, 0.1) is 0 Å². The van der Waals surface area contributed by atoms with Gasteiger partial charge in [-0.1, -0.05) is 6.92 Å². The first-order valence-corrected chi connectivity index (χ1v) is 6.83. The Hall–Kier alpha value is -0.840. The van der Waals surface area contributed by atoms with E-state index in [4.69, 9.17) is 9.15 Å². The van der Waals surface area contributed by atoms with Gasteiger partial charge in [0.2, 0.25) is 0 Å². The zero-order chi connectivity index (χ0) is 12.8. The quantitative estimate of drug-likeness (QED) is 0.729. The Kier molecular flexibility index (Phi) is 5.23. The highest BCUT2D eigenvalue weighted by Crippen LogP contribution is 2.28. The van der Waals surface area contributed by atoms with Gasteiger partial charge in [-0.3, -0.25) is 4.90 Å². The van der Waals surface area contributed by atoms with Gasteiger partial charge in [-0.05, 0) is 25.5 Å². The van der Waals surface area contributed by atoms with Gasteiger partial charge in [0.15, 0.2) is 0 Å². The highest BCUT2D eigenvalue weighted by molar-refractivity contribution is 5.13. The molecule has 0 spiro atoms. The summed E-state index contributed by atoms with van der Waals surface area (Å²) >= 11 is 0. The number of rotatable bonds is 9. The minimum Gasteiger partial charge on any atom is -0.468 e. The fourth-order valence-electron chi connectivity index (χ4n) is 2.11. The van der Waals surface area contributed by atoms with E-state index in [9.17, 15) is 0 Å². The maximum atomic E-state index is 5.63. The van der Waals surface area contributed by atoms with Gasteiger partial charge in [0.05, 0.1) is 19.4 Å². The normalized spacial score (nSPS) is 15.5. The van der Waals surface area contributed by atoms with Crippen LogP contribution in [-0.2, 0) is 17.8 Å². The smallest absolute Gasteiger partial charge is 0.118 e. The van der Waals surface area contributed by atoms with E-state index in [1.165, 1.54) is 18.4 Å². The number of nitrogens with zero attached hydrogens (tertiary/aromatic N) is 1. The summed E-state index contributed by atoms with van der Waals surface area (Å²) < 4.78 is 10.8. The lowest BCUT2D eigenvalue weighted by molar-refractivity contribution is 0.134. The van der Waals surface area contributed by atoms with Crippen molar-refractivity contribution in [3.63, 3.8) is 0 Å². The standard InChI is InChI=1S/C14H24N2O2/c1-3-15-9-12-8-14(18-11-12)10-16(6-7-17-2)13-4-5-13/h8,11,13,15H,3-7,9-10H2,1-2H3. The molecule has 1 aromatic heterocycles. The Morgan fingerprint density at radius 2 is 2.33 bits per heavy atom. The Bertz CT molecular complexity index is 347. The van der Waals surface area contributed by atoms with Crippen LogP contribution in [0.2, 0.25) is 0 Å². The van der Waals surface area contributed by atoms with E-state index in [-0.39, 0.29) is 0 Å². The molecule has 0 saturated heterocycles. The molecule has 4 nitrogen and oxygen atoms in total. The maximum Gasteiger partial charge on any atom is 0.118 e. The summed E-state index contributed by atoms with van der Waals surface area (Å²) in [5.41, 5.74) is 1.23. The number of hydrogen-bond acceptors (Lipinski definition) is 4. The second-order valence-electron chi connectivity index (χ2n) is 4.90. The second-order valence-corrected chi connectivity index (χ2v) is 4.90. The zero-order valence-corrected chi connectivity index (χ0v) is 11.4.